The van der Waals surface area contributed by atoms with Crippen LogP contribution in [0.1, 0.15) is 264 Å². The van der Waals surface area contributed by atoms with Crippen molar-refractivity contribution in [3.05, 3.63) is 24.3 Å². The van der Waals surface area contributed by atoms with Gasteiger partial charge in [0, 0.05) is 6.42 Å². The zero-order valence-electron chi connectivity index (χ0n) is 47.6. The van der Waals surface area contributed by atoms with Gasteiger partial charge in [-0.05, 0) is 44.9 Å². The Bertz CT molecular complexity index is 1350. The highest BCUT2D eigenvalue weighted by Gasteiger charge is 2.51. The SMILES string of the molecule is CCCCCC/C=C\C/C=C\CCCCCCCC(=O)NC(COC1OC(CO)C(OC2OC(CO)C(O)C(O)C2O)C(O)C1O)C(O)CCCCCCCCCCCCCCCCCCCCCCCCCCC. The molecule has 0 saturated carbocycles. The molecule has 2 saturated heterocycles. The van der Waals surface area contributed by atoms with E-state index < -0.39 is 86.8 Å². The normalized spacial score (nSPS) is 25.1. The second-order valence-corrected chi connectivity index (χ2v) is 22.2. The van der Waals surface area contributed by atoms with Gasteiger partial charge in [0.2, 0.25) is 5.91 Å². The Morgan fingerprint density at radius 3 is 1.35 bits per heavy atom. The minimum Gasteiger partial charge on any atom is -0.394 e. The summed E-state index contributed by atoms with van der Waals surface area (Å²) in [4.78, 5) is 13.3. The highest BCUT2D eigenvalue weighted by atomic mass is 16.7. The monoisotopic (exact) mass is 1070 g/mol. The van der Waals surface area contributed by atoms with Gasteiger partial charge in [-0.2, -0.15) is 0 Å². The molecule has 75 heavy (non-hydrogen) atoms. The van der Waals surface area contributed by atoms with Crippen LogP contribution in [0.15, 0.2) is 24.3 Å². The van der Waals surface area contributed by atoms with Crippen LogP contribution in [0.5, 0.6) is 0 Å². The Hall–Kier alpha value is -1.53. The van der Waals surface area contributed by atoms with Gasteiger partial charge in [0.05, 0.1) is 32.0 Å². The van der Waals surface area contributed by atoms with Gasteiger partial charge in [0.15, 0.2) is 12.6 Å². The highest BCUT2D eigenvalue weighted by molar-refractivity contribution is 5.76. The van der Waals surface area contributed by atoms with E-state index in [0.717, 1.165) is 70.6 Å². The lowest BCUT2D eigenvalue weighted by Crippen LogP contribution is -2.65. The van der Waals surface area contributed by atoms with Crippen molar-refractivity contribution in [1.29, 1.82) is 0 Å². The van der Waals surface area contributed by atoms with Crippen molar-refractivity contribution in [2.75, 3.05) is 19.8 Å². The number of hydrogen-bond acceptors (Lipinski definition) is 13. The number of aliphatic hydroxyl groups excluding tert-OH is 8. The molecule has 2 rings (SSSR count). The molecular weight excluding hydrogens is 955 g/mol. The first-order valence-corrected chi connectivity index (χ1v) is 31.1. The third-order valence-corrected chi connectivity index (χ3v) is 15.4. The fourth-order valence-electron chi connectivity index (χ4n) is 10.4. The smallest absolute Gasteiger partial charge is 0.220 e. The molecule has 1 amide bonds. The van der Waals surface area contributed by atoms with Crippen LogP contribution in [0, 0.1) is 0 Å². The van der Waals surface area contributed by atoms with Crippen LogP contribution in [0.4, 0.5) is 0 Å². The molecule has 0 bridgehead atoms. The van der Waals surface area contributed by atoms with Crippen LogP contribution >= 0.6 is 0 Å². The Labute approximate surface area is 456 Å². The first-order valence-electron chi connectivity index (χ1n) is 31.1. The predicted molar refractivity (Wildman–Crippen MR) is 300 cm³/mol. The van der Waals surface area contributed by atoms with Gasteiger partial charge in [0.1, 0.15) is 48.8 Å². The van der Waals surface area contributed by atoms with Crippen LogP contribution in [0.2, 0.25) is 0 Å². The average molecular weight is 1070 g/mol. The van der Waals surface area contributed by atoms with Crippen molar-refractivity contribution in [3.63, 3.8) is 0 Å². The molecule has 12 atom stereocenters. The summed E-state index contributed by atoms with van der Waals surface area (Å²) in [7, 11) is 0. The Morgan fingerprint density at radius 1 is 0.480 bits per heavy atom. The van der Waals surface area contributed by atoms with Gasteiger partial charge < -0.3 is 65.1 Å². The molecule has 0 aliphatic carbocycles. The van der Waals surface area contributed by atoms with Gasteiger partial charge in [-0.3, -0.25) is 4.79 Å². The summed E-state index contributed by atoms with van der Waals surface area (Å²) < 4.78 is 22.8. The quantitative estimate of drug-likeness (QED) is 0.0204. The zero-order valence-corrected chi connectivity index (χ0v) is 47.6. The van der Waals surface area contributed by atoms with Crippen molar-refractivity contribution in [3.8, 4) is 0 Å². The molecule has 2 aliphatic rings. The van der Waals surface area contributed by atoms with Crippen molar-refractivity contribution in [2.24, 2.45) is 0 Å². The van der Waals surface area contributed by atoms with E-state index in [1.165, 1.54) is 161 Å². The first kappa shape index (κ1) is 69.6. The number of hydrogen-bond donors (Lipinski definition) is 9. The summed E-state index contributed by atoms with van der Waals surface area (Å²) in [5.41, 5.74) is 0. The second-order valence-electron chi connectivity index (χ2n) is 22.2. The molecule has 0 spiro atoms. The van der Waals surface area contributed by atoms with E-state index in [1.54, 1.807) is 0 Å². The average Bonchev–Trinajstić information content (AvgIpc) is 3.41. The number of carbonyl (C=O) groups excluding carboxylic acids is 1. The van der Waals surface area contributed by atoms with Crippen LogP contribution in [0.25, 0.3) is 0 Å². The largest absolute Gasteiger partial charge is 0.394 e. The number of nitrogens with one attached hydrogen (secondary N) is 1. The summed E-state index contributed by atoms with van der Waals surface area (Å²) in [6.45, 7) is 2.86. The topological polar surface area (TPSA) is 228 Å². The summed E-state index contributed by atoms with van der Waals surface area (Å²) in [6, 6.07) is -0.835. The lowest BCUT2D eigenvalue weighted by atomic mass is 9.97. The number of amides is 1. The summed E-state index contributed by atoms with van der Waals surface area (Å²) in [5.74, 6) is -0.217. The fourth-order valence-corrected chi connectivity index (χ4v) is 10.4. The number of allylic oxidation sites excluding steroid dienone is 4. The molecule has 2 fully saturated rings. The molecule has 2 heterocycles. The van der Waals surface area contributed by atoms with Crippen molar-refractivity contribution < 1.29 is 64.6 Å². The molecule has 14 heteroatoms. The van der Waals surface area contributed by atoms with E-state index in [4.69, 9.17) is 18.9 Å². The number of aliphatic hydroxyl groups is 8. The summed E-state index contributed by atoms with van der Waals surface area (Å²) >= 11 is 0. The van der Waals surface area contributed by atoms with Gasteiger partial charge in [0.25, 0.3) is 0 Å². The van der Waals surface area contributed by atoms with Crippen molar-refractivity contribution in [2.45, 2.75) is 338 Å². The van der Waals surface area contributed by atoms with Crippen LogP contribution in [0.3, 0.4) is 0 Å². The standard InChI is InChI=1S/C61H115NO13/c1-3-5-7-9-11-13-15-17-19-21-22-23-24-25-26-27-28-29-30-32-34-36-38-40-42-44-50(65)49(62-53(66)45-43-41-39-37-35-33-31-20-18-16-14-12-10-8-6-4-2)48-72-60-58(71)56(69)59(52(47-64)74-60)75-61-57(70)55(68)54(67)51(46-63)73-61/h14,16,20,31,49-52,54-61,63-65,67-71H,3-13,15,17-19,21-30,32-48H2,1-2H3,(H,62,66)/b16-14-,31-20-. The van der Waals surface area contributed by atoms with Gasteiger partial charge in [-0.15, -0.1) is 0 Å². The molecule has 2 aliphatic heterocycles. The fraction of sp³-hybridized carbons (Fsp3) is 0.918. The third-order valence-electron chi connectivity index (χ3n) is 15.4. The molecule has 0 aromatic rings. The van der Waals surface area contributed by atoms with Gasteiger partial charge in [-0.1, -0.05) is 237 Å². The predicted octanol–water partition coefficient (Wildman–Crippen LogP) is 10.8. The highest BCUT2D eigenvalue weighted by Crippen LogP contribution is 2.30. The van der Waals surface area contributed by atoms with E-state index in [9.17, 15) is 45.6 Å². The van der Waals surface area contributed by atoms with Gasteiger partial charge in [-0.25, -0.2) is 0 Å². The van der Waals surface area contributed by atoms with Crippen LogP contribution in [-0.4, -0.2) is 140 Å². The molecule has 442 valence electrons. The number of ether oxygens (including phenoxy) is 4. The minimum absolute atomic E-state index is 0.217. The lowest BCUT2D eigenvalue weighted by Gasteiger charge is -2.46. The zero-order chi connectivity index (χ0) is 54.6. The molecular formula is C61H115NO13. The molecule has 12 unspecified atom stereocenters. The van der Waals surface area contributed by atoms with E-state index in [0.29, 0.717) is 12.8 Å². The molecule has 0 aromatic carbocycles. The van der Waals surface area contributed by atoms with Crippen molar-refractivity contribution >= 4 is 5.91 Å². The Morgan fingerprint density at radius 2 is 0.880 bits per heavy atom. The van der Waals surface area contributed by atoms with Crippen LogP contribution in [-0.2, 0) is 23.7 Å². The number of rotatable bonds is 50. The van der Waals surface area contributed by atoms with E-state index in [-0.39, 0.29) is 18.9 Å². The molecule has 9 N–H and O–H groups in total. The van der Waals surface area contributed by atoms with Gasteiger partial charge >= 0.3 is 0 Å². The second kappa shape index (κ2) is 47.3. The first-order chi connectivity index (χ1) is 36.6. The number of unbranched alkanes of at least 4 members (excludes halogenated alkanes) is 33. The maximum atomic E-state index is 13.3. The van der Waals surface area contributed by atoms with Crippen LogP contribution < -0.4 is 5.32 Å². The molecule has 0 radical (unpaired) electrons. The maximum Gasteiger partial charge on any atom is 0.220 e. The number of carbonyl (C=O) groups is 1. The van der Waals surface area contributed by atoms with E-state index in [2.05, 4.69) is 43.5 Å². The molecule has 0 aromatic heterocycles. The summed E-state index contributed by atoms with van der Waals surface area (Å²) in [6.07, 6.45) is 38.9. The Kier molecular flexibility index (Phi) is 43.9. The third kappa shape index (κ3) is 33.0. The maximum absolute atomic E-state index is 13.3. The minimum atomic E-state index is -1.78. The summed E-state index contributed by atoms with van der Waals surface area (Å²) in [5, 5.41) is 87.3. The van der Waals surface area contributed by atoms with E-state index in [1.807, 2.05) is 0 Å². The lowest BCUT2D eigenvalue weighted by molar-refractivity contribution is -0.359. The van der Waals surface area contributed by atoms with E-state index >= 15 is 0 Å². The Balaban J connectivity index is 1.72. The van der Waals surface area contributed by atoms with Crippen molar-refractivity contribution in [1.82, 2.24) is 5.32 Å². The molecule has 14 nitrogen and oxygen atoms in total.